The summed E-state index contributed by atoms with van der Waals surface area (Å²) in [5.41, 5.74) is 0. The molecule has 0 radical (unpaired) electrons. The van der Waals surface area contributed by atoms with Gasteiger partial charge in [0.1, 0.15) is 4.88 Å². The molecule has 1 atom stereocenters. The second-order valence-corrected chi connectivity index (χ2v) is 7.55. The smallest absolute Gasteiger partial charge is 0.345 e. The van der Waals surface area contributed by atoms with Crippen molar-refractivity contribution >= 4 is 27.3 Å². The number of aromatic carboxylic acids is 1. The molecule has 0 saturated carbocycles. The summed E-state index contributed by atoms with van der Waals surface area (Å²) in [5.74, 6) is -1.13. The number of aliphatic hydroxyl groups is 1. The molecular weight excluding hydrogens is 290 g/mol. The monoisotopic (exact) mass is 305 g/mol. The minimum absolute atomic E-state index is 0.0100. The van der Waals surface area contributed by atoms with Crippen molar-refractivity contribution in [3.8, 4) is 0 Å². The molecule has 2 heterocycles. The van der Waals surface area contributed by atoms with Gasteiger partial charge in [0.2, 0.25) is 10.0 Å². The molecule has 2 rings (SSSR count). The van der Waals surface area contributed by atoms with Crippen LogP contribution in [-0.2, 0) is 10.0 Å². The Morgan fingerprint density at radius 1 is 1.58 bits per heavy atom. The highest BCUT2D eigenvalue weighted by Gasteiger charge is 2.36. The van der Waals surface area contributed by atoms with Crippen LogP contribution in [0.15, 0.2) is 11.0 Å². The number of hydrogen-bond acceptors (Lipinski definition) is 5. The summed E-state index contributed by atoms with van der Waals surface area (Å²) in [4.78, 5) is 11.4. The first-order valence-corrected chi connectivity index (χ1v) is 8.10. The maximum Gasteiger partial charge on any atom is 0.345 e. The SMILES string of the molecule is Cc1sc(C(=O)O)cc1S(=O)(=O)N1CCCC1CO. The molecule has 0 bridgehead atoms. The van der Waals surface area contributed by atoms with E-state index in [1.54, 1.807) is 6.92 Å². The van der Waals surface area contributed by atoms with E-state index >= 15 is 0 Å². The van der Waals surface area contributed by atoms with Crippen LogP contribution in [0.25, 0.3) is 0 Å². The van der Waals surface area contributed by atoms with Gasteiger partial charge >= 0.3 is 5.97 Å². The van der Waals surface area contributed by atoms with Gasteiger partial charge in [0, 0.05) is 17.5 Å². The topological polar surface area (TPSA) is 94.9 Å². The van der Waals surface area contributed by atoms with Gasteiger partial charge in [-0.3, -0.25) is 0 Å². The van der Waals surface area contributed by atoms with Crippen LogP contribution in [0.3, 0.4) is 0 Å². The highest BCUT2D eigenvalue weighted by Crippen LogP contribution is 2.32. The fourth-order valence-electron chi connectivity index (χ4n) is 2.26. The third-order valence-corrected chi connectivity index (χ3v) is 6.45. The number of nitrogens with zero attached hydrogens (tertiary/aromatic N) is 1. The fraction of sp³-hybridized carbons (Fsp3) is 0.545. The van der Waals surface area contributed by atoms with Crippen LogP contribution in [0.2, 0.25) is 0 Å². The van der Waals surface area contributed by atoms with Crippen LogP contribution in [0, 0.1) is 6.92 Å². The Balaban J connectivity index is 2.42. The van der Waals surface area contributed by atoms with Crippen molar-refractivity contribution in [3.05, 3.63) is 15.8 Å². The lowest BCUT2D eigenvalue weighted by atomic mass is 10.2. The number of carboxylic acid groups (broad SMARTS) is 1. The fourth-order valence-corrected chi connectivity index (χ4v) is 5.35. The van der Waals surface area contributed by atoms with Crippen LogP contribution >= 0.6 is 11.3 Å². The van der Waals surface area contributed by atoms with Gasteiger partial charge in [0.05, 0.1) is 11.5 Å². The molecule has 0 amide bonds. The summed E-state index contributed by atoms with van der Waals surface area (Å²) >= 11 is 0.949. The summed E-state index contributed by atoms with van der Waals surface area (Å²) in [6, 6.07) is 0.794. The van der Waals surface area contributed by atoms with Crippen LogP contribution in [0.5, 0.6) is 0 Å². The number of thiophene rings is 1. The molecule has 19 heavy (non-hydrogen) atoms. The molecule has 1 saturated heterocycles. The van der Waals surface area contributed by atoms with Gasteiger partial charge in [0.25, 0.3) is 0 Å². The van der Waals surface area contributed by atoms with E-state index in [0.29, 0.717) is 24.3 Å². The van der Waals surface area contributed by atoms with Crippen molar-refractivity contribution in [2.75, 3.05) is 13.2 Å². The molecule has 1 aliphatic heterocycles. The quantitative estimate of drug-likeness (QED) is 0.862. The van der Waals surface area contributed by atoms with Crippen molar-refractivity contribution in [2.24, 2.45) is 0 Å². The molecule has 0 aromatic carbocycles. The molecule has 1 aromatic heterocycles. The number of carbonyl (C=O) groups is 1. The third-order valence-electron chi connectivity index (χ3n) is 3.20. The van der Waals surface area contributed by atoms with Crippen LogP contribution in [0.4, 0.5) is 0 Å². The van der Waals surface area contributed by atoms with Crippen molar-refractivity contribution in [1.29, 1.82) is 0 Å². The van der Waals surface area contributed by atoms with Gasteiger partial charge in [-0.05, 0) is 25.8 Å². The number of aliphatic hydroxyl groups excluding tert-OH is 1. The number of carboxylic acids is 1. The summed E-state index contributed by atoms with van der Waals surface area (Å²) in [5, 5.41) is 18.1. The Bertz CT molecular complexity index is 592. The average Bonchev–Trinajstić information content (AvgIpc) is 2.94. The zero-order valence-electron chi connectivity index (χ0n) is 10.4. The molecule has 1 aliphatic rings. The van der Waals surface area contributed by atoms with Crippen molar-refractivity contribution in [2.45, 2.75) is 30.7 Å². The van der Waals surface area contributed by atoms with Gasteiger partial charge in [0.15, 0.2) is 0 Å². The number of hydrogen-bond donors (Lipinski definition) is 2. The minimum Gasteiger partial charge on any atom is -0.477 e. The van der Waals surface area contributed by atoms with E-state index in [0.717, 1.165) is 11.3 Å². The van der Waals surface area contributed by atoms with E-state index in [2.05, 4.69) is 0 Å². The average molecular weight is 305 g/mol. The van der Waals surface area contributed by atoms with Crippen molar-refractivity contribution in [3.63, 3.8) is 0 Å². The molecule has 0 spiro atoms. The Morgan fingerprint density at radius 3 is 2.79 bits per heavy atom. The van der Waals surface area contributed by atoms with E-state index in [-0.39, 0.29) is 16.4 Å². The second-order valence-electron chi connectivity index (χ2n) is 4.43. The number of rotatable bonds is 4. The van der Waals surface area contributed by atoms with Gasteiger partial charge < -0.3 is 10.2 Å². The Morgan fingerprint density at radius 2 is 2.26 bits per heavy atom. The predicted octanol–water partition coefficient (Wildman–Crippen LogP) is 0.900. The van der Waals surface area contributed by atoms with E-state index in [4.69, 9.17) is 5.11 Å². The summed E-state index contributed by atoms with van der Waals surface area (Å²) in [7, 11) is -3.72. The van der Waals surface area contributed by atoms with E-state index in [9.17, 15) is 18.3 Å². The summed E-state index contributed by atoms with van der Waals surface area (Å²) in [6.07, 6.45) is 1.34. The lowest BCUT2D eigenvalue weighted by Crippen LogP contribution is -2.37. The molecule has 0 aliphatic carbocycles. The van der Waals surface area contributed by atoms with Gasteiger partial charge in [-0.15, -0.1) is 11.3 Å². The van der Waals surface area contributed by atoms with E-state index in [1.807, 2.05) is 0 Å². The largest absolute Gasteiger partial charge is 0.477 e. The first-order chi connectivity index (χ1) is 8.87. The Kier molecular flexibility index (Phi) is 3.95. The van der Waals surface area contributed by atoms with Crippen LogP contribution < -0.4 is 0 Å². The first kappa shape index (κ1) is 14.4. The highest BCUT2D eigenvalue weighted by molar-refractivity contribution is 7.89. The maximum absolute atomic E-state index is 12.5. The van der Waals surface area contributed by atoms with E-state index in [1.165, 1.54) is 10.4 Å². The molecule has 1 aromatic rings. The van der Waals surface area contributed by atoms with Crippen molar-refractivity contribution in [1.82, 2.24) is 4.31 Å². The van der Waals surface area contributed by atoms with Crippen LogP contribution in [-0.4, -0.2) is 48.1 Å². The number of sulfonamides is 1. The maximum atomic E-state index is 12.5. The molecule has 8 heteroatoms. The Hall–Kier alpha value is -0.960. The normalized spacial score (nSPS) is 20.8. The third kappa shape index (κ3) is 2.53. The van der Waals surface area contributed by atoms with Crippen LogP contribution in [0.1, 0.15) is 27.4 Å². The van der Waals surface area contributed by atoms with E-state index < -0.39 is 22.0 Å². The van der Waals surface area contributed by atoms with Crippen molar-refractivity contribution < 1.29 is 23.4 Å². The highest BCUT2D eigenvalue weighted by atomic mass is 32.2. The summed E-state index contributed by atoms with van der Waals surface area (Å²) < 4.78 is 26.2. The number of aryl methyl sites for hydroxylation is 1. The molecule has 6 nitrogen and oxygen atoms in total. The van der Waals surface area contributed by atoms with Gasteiger partial charge in [-0.25, -0.2) is 13.2 Å². The molecule has 106 valence electrons. The lowest BCUT2D eigenvalue weighted by Gasteiger charge is -2.22. The molecule has 1 fully saturated rings. The standard InChI is InChI=1S/C11H15NO5S2/c1-7-10(5-9(18-7)11(14)15)19(16,17)12-4-2-3-8(12)6-13/h5,8,13H,2-4,6H2,1H3,(H,14,15). The zero-order chi connectivity index (χ0) is 14.2. The summed E-state index contributed by atoms with van der Waals surface area (Å²) in [6.45, 7) is 1.74. The minimum atomic E-state index is -3.72. The second kappa shape index (κ2) is 5.20. The van der Waals surface area contributed by atoms with Gasteiger partial charge in [-0.1, -0.05) is 0 Å². The predicted molar refractivity (Wildman–Crippen MR) is 70.0 cm³/mol. The molecule has 2 N–H and O–H groups in total. The Labute approximate surface area is 115 Å². The van der Waals surface area contributed by atoms with Gasteiger partial charge in [-0.2, -0.15) is 4.31 Å². The zero-order valence-corrected chi connectivity index (χ0v) is 12.0. The molecule has 1 unspecified atom stereocenters. The first-order valence-electron chi connectivity index (χ1n) is 5.84. The molecular formula is C11H15NO5S2. The lowest BCUT2D eigenvalue weighted by molar-refractivity contribution is 0.0702.